The van der Waals surface area contributed by atoms with Gasteiger partial charge >= 0.3 is 5.97 Å². The maximum atomic E-state index is 13.0. The van der Waals surface area contributed by atoms with Crippen LogP contribution >= 0.6 is 0 Å². The lowest BCUT2D eigenvalue weighted by Gasteiger charge is -2.25. The fourth-order valence-corrected chi connectivity index (χ4v) is 3.82. The lowest BCUT2D eigenvalue weighted by molar-refractivity contribution is -0.143. The van der Waals surface area contributed by atoms with E-state index in [1.807, 2.05) is 0 Å². The number of aliphatic carboxylic acids is 1. The van der Waals surface area contributed by atoms with Crippen molar-refractivity contribution in [1.29, 1.82) is 0 Å². The number of carbonyl (C=O) groups is 8. The van der Waals surface area contributed by atoms with E-state index < -0.39 is 91.1 Å². The van der Waals surface area contributed by atoms with Gasteiger partial charge in [-0.05, 0) is 32.1 Å². The molecule has 0 aromatic heterocycles. The summed E-state index contributed by atoms with van der Waals surface area (Å²) in [7, 11) is 0. The summed E-state index contributed by atoms with van der Waals surface area (Å²) in [6, 6.07) is -5.84. The lowest BCUT2D eigenvalue weighted by Crippen LogP contribution is -2.62. The molecular weight excluding hydrogens is 586 g/mol. The molecule has 0 aliphatic carbocycles. The zero-order chi connectivity index (χ0) is 33.2. The van der Waals surface area contributed by atoms with Crippen molar-refractivity contribution >= 4 is 53.3 Å². The molecule has 0 aromatic carbocycles. The Kier molecular flexibility index (Phi) is 16.2. The van der Waals surface area contributed by atoms with Gasteiger partial charge in [-0.15, -0.1) is 0 Å². The van der Waals surface area contributed by atoms with Crippen LogP contribution in [0.15, 0.2) is 4.99 Å². The average Bonchev–Trinajstić information content (AvgIpc) is 2.95. The van der Waals surface area contributed by atoms with E-state index in [1.54, 1.807) is 0 Å². The number of aliphatic imine (C=N–C) groups is 1. The van der Waals surface area contributed by atoms with Crippen molar-refractivity contribution in [3.63, 3.8) is 0 Å². The highest BCUT2D eigenvalue weighted by molar-refractivity contribution is 5.97. The van der Waals surface area contributed by atoms with E-state index in [-0.39, 0.29) is 38.3 Å². The van der Waals surface area contributed by atoms with Crippen molar-refractivity contribution in [3.05, 3.63) is 0 Å². The smallest absolute Gasteiger partial charge is 0.323 e. The third kappa shape index (κ3) is 14.8. The van der Waals surface area contributed by atoms with Crippen molar-refractivity contribution in [1.82, 2.24) is 37.2 Å². The van der Waals surface area contributed by atoms with Gasteiger partial charge in [0.1, 0.15) is 24.2 Å². The summed E-state index contributed by atoms with van der Waals surface area (Å²) in [5.41, 5.74) is 16.2. The van der Waals surface area contributed by atoms with Crippen molar-refractivity contribution in [2.24, 2.45) is 22.2 Å². The first kappa shape index (κ1) is 37.0. The predicted octanol–water partition coefficient (Wildman–Crippen LogP) is -6.43. The van der Waals surface area contributed by atoms with Crippen LogP contribution in [0.4, 0.5) is 0 Å². The van der Waals surface area contributed by atoms with Gasteiger partial charge in [0.25, 0.3) is 0 Å². The Bertz CT molecular complexity index is 1110. The summed E-state index contributed by atoms with van der Waals surface area (Å²) in [6.07, 6.45) is 1.23. The summed E-state index contributed by atoms with van der Waals surface area (Å²) in [5.74, 6) is -6.90. The average molecular weight is 628 g/mol. The number of hydrogen-bond donors (Lipinski definition) is 11. The van der Waals surface area contributed by atoms with Crippen molar-refractivity contribution in [2.75, 3.05) is 32.7 Å². The summed E-state index contributed by atoms with van der Waals surface area (Å²) in [6.45, 7) is -0.0293. The summed E-state index contributed by atoms with van der Waals surface area (Å²) >= 11 is 0. The van der Waals surface area contributed by atoms with E-state index in [4.69, 9.17) is 17.2 Å². The molecular formula is C24H41N11O9. The number of nitrogens with two attached hydrogens (primary N) is 3. The van der Waals surface area contributed by atoms with E-state index in [9.17, 15) is 43.5 Å². The van der Waals surface area contributed by atoms with Crippen LogP contribution in [0, 0.1) is 0 Å². The van der Waals surface area contributed by atoms with E-state index in [2.05, 4.69) is 42.2 Å². The molecule has 0 saturated carbocycles. The number of carbonyl (C=O) groups excluding carboxylic acids is 7. The highest BCUT2D eigenvalue weighted by Gasteiger charge is 2.34. The first-order chi connectivity index (χ1) is 20.7. The van der Waals surface area contributed by atoms with Crippen molar-refractivity contribution in [2.45, 2.75) is 63.2 Å². The molecule has 4 atom stereocenters. The maximum Gasteiger partial charge on any atom is 0.323 e. The van der Waals surface area contributed by atoms with Crippen LogP contribution in [-0.4, -0.2) is 115 Å². The van der Waals surface area contributed by atoms with E-state index in [1.165, 1.54) is 6.92 Å². The molecule has 1 saturated heterocycles. The summed E-state index contributed by atoms with van der Waals surface area (Å²) < 4.78 is 0. The van der Waals surface area contributed by atoms with Gasteiger partial charge in [0, 0.05) is 20.0 Å². The number of guanidine groups is 1. The van der Waals surface area contributed by atoms with Gasteiger partial charge in [0.15, 0.2) is 5.96 Å². The standard InChI is InChI=1S/C24H41N11O9/c1-12(36)33-13(6-4-8-29-24(26)27)20(40)28-7-3-2-5-14-21(41)32-10-16(38)30-9-15(37)31-11-17(39)35-19(22(42)34-14)18(25)23(43)44/h13-14,18-19H,2-11,25H2,1H3,(H,28,40)(H,30,38)(H,31,37)(H,32,41)(H,33,36)(H,34,42)(H,35,39)(H,43,44)(H4,26,27,29)/t13-,14-,18?,19-/m0/s1. The fourth-order valence-electron chi connectivity index (χ4n) is 3.82. The molecule has 1 rings (SSSR count). The highest BCUT2D eigenvalue weighted by atomic mass is 16.4. The van der Waals surface area contributed by atoms with Crippen LogP contribution in [0.5, 0.6) is 0 Å². The predicted molar refractivity (Wildman–Crippen MR) is 153 cm³/mol. The Labute approximate surface area is 252 Å². The monoisotopic (exact) mass is 627 g/mol. The maximum absolute atomic E-state index is 13.0. The third-order valence-corrected chi connectivity index (χ3v) is 6.05. The number of nitrogens with one attached hydrogen (secondary N) is 7. The minimum Gasteiger partial charge on any atom is -0.480 e. The van der Waals surface area contributed by atoms with Crippen LogP contribution < -0.4 is 54.4 Å². The van der Waals surface area contributed by atoms with Crippen molar-refractivity contribution in [3.8, 4) is 0 Å². The molecule has 1 aliphatic rings. The van der Waals surface area contributed by atoms with Gasteiger partial charge in [0.2, 0.25) is 41.4 Å². The second-order valence-electron chi connectivity index (χ2n) is 9.73. The van der Waals surface area contributed by atoms with Gasteiger partial charge in [-0.2, -0.15) is 0 Å². The molecule has 0 bridgehead atoms. The van der Waals surface area contributed by atoms with Gasteiger partial charge in [-0.25, -0.2) is 0 Å². The van der Waals surface area contributed by atoms with Crippen LogP contribution in [0.2, 0.25) is 0 Å². The zero-order valence-electron chi connectivity index (χ0n) is 24.3. The molecule has 7 amide bonds. The van der Waals surface area contributed by atoms with Crippen LogP contribution in [0.25, 0.3) is 0 Å². The number of rotatable bonds is 13. The number of carboxylic acid groups (broad SMARTS) is 1. The van der Waals surface area contributed by atoms with Gasteiger partial charge in [0.05, 0.1) is 19.6 Å². The van der Waals surface area contributed by atoms with Crippen LogP contribution in [0.1, 0.15) is 39.0 Å². The Balaban J connectivity index is 2.89. The van der Waals surface area contributed by atoms with Crippen LogP contribution in [0.3, 0.4) is 0 Å². The quantitative estimate of drug-likeness (QED) is 0.0516. The molecule has 0 spiro atoms. The molecule has 1 aliphatic heterocycles. The Hall–Kier alpha value is -5.01. The molecule has 0 radical (unpaired) electrons. The van der Waals surface area contributed by atoms with Crippen molar-refractivity contribution < 1.29 is 43.5 Å². The largest absolute Gasteiger partial charge is 0.480 e. The first-order valence-electron chi connectivity index (χ1n) is 13.7. The highest BCUT2D eigenvalue weighted by Crippen LogP contribution is 2.05. The molecule has 20 heteroatoms. The number of nitrogens with zero attached hydrogens (tertiary/aromatic N) is 1. The number of amides is 7. The second kappa shape index (κ2) is 19.2. The molecule has 1 unspecified atom stereocenters. The lowest BCUT2D eigenvalue weighted by atomic mass is 10.0. The van der Waals surface area contributed by atoms with Gasteiger partial charge < -0.3 is 59.5 Å². The molecule has 1 fully saturated rings. The molecule has 44 heavy (non-hydrogen) atoms. The normalized spacial score (nSPS) is 19.6. The Morgan fingerprint density at radius 1 is 0.909 bits per heavy atom. The number of unbranched alkanes of at least 4 members (excludes halogenated alkanes) is 1. The second-order valence-corrected chi connectivity index (χ2v) is 9.73. The van der Waals surface area contributed by atoms with Gasteiger partial charge in [-0.3, -0.25) is 43.3 Å². The molecule has 1 heterocycles. The zero-order valence-corrected chi connectivity index (χ0v) is 24.3. The molecule has 14 N–H and O–H groups in total. The molecule has 246 valence electrons. The third-order valence-electron chi connectivity index (χ3n) is 6.05. The van der Waals surface area contributed by atoms with Gasteiger partial charge in [-0.1, -0.05) is 0 Å². The van der Waals surface area contributed by atoms with E-state index in [0.29, 0.717) is 12.8 Å². The fraction of sp³-hybridized carbons (Fsp3) is 0.625. The van der Waals surface area contributed by atoms with E-state index >= 15 is 0 Å². The Morgan fingerprint density at radius 3 is 2.11 bits per heavy atom. The topological polar surface area (TPSA) is 331 Å². The minimum absolute atomic E-state index is 0.0221. The minimum atomic E-state index is -1.90. The molecule has 0 aromatic rings. The van der Waals surface area contributed by atoms with E-state index in [0.717, 1.165) is 0 Å². The number of hydrogen-bond acceptors (Lipinski definition) is 10. The van der Waals surface area contributed by atoms with Crippen LogP contribution in [-0.2, 0) is 38.4 Å². The Morgan fingerprint density at radius 2 is 1.52 bits per heavy atom. The molecule has 20 nitrogen and oxygen atoms in total. The summed E-state index contributed by atoms with van der Waals surface area (Å²) in [4.78, 5) is 101. The summed E-state index contributed by atoms with van der Waals surface area (Å²) in [5, 5.41) is 25.8. The SMILES string of the molecule is CC(=O)N[C@@H](CCCN=C(N)N)C(=O)NCCCC[C@@H]1NC(=O)[C@H](C(N)C(=O)O)NC(=O)CNC(=O)CNC(=O)CNC1=O. The number of carboxylic acids is 1. The first-order valence-corrected chi connectivity index (χ1v) is 13.7.